The molecule has 1 aliphatic heterocycles. The van der Waals surface area contributed by atoms with Crippen LogP contribution in [0.3, 0.4) is 0 Å². The van der Waals surface area contributed by atoms with Crippen LogP contribution >= 0.6 is 0 Å². The van der Waals surface area contributed by atoms with Crippen molar-refractivity contribution in [2.24, 2.45) is 0 Å². The summed E-state index contributed by atoms with van der Waals surface area (Å²) in [5.41, 5.74) is 0.0278. The van der Waals surface area contributed by atoms with Gasteiger partial charge in [0.05, 0.1) is 6.61 Å². The molecule has 0 spiro atoms. The molecule has 1 saturated heterocycles. The molecular weight excluding hydrogens is 114 g/mol. The normalized spacial score (nSPS) is 24.7. The van der Waals surface area contributed by atoms with Gasteiger partial charge in [0, 0.05) is 6.54 Å². The Morgan fingerprint density at radius 3 is 2.33 bits per heavy atom. The molecule has 0 bridgehead atoms. The number of rotatable bonds is 2. The fourth-order valence-electron chi connectivity index (χ4n) is 1.28. The summed E-state index contributed by atoms with van der Waals surface area (Å²) in [4.78, 5) is 0. The Hall–Kier alpha value is -0.0800. The quantitative estimate of drug-likeness (QED) is 0.603. The van der Waals surface area contributed by atoms with Gasteiger partial charge in [-0.1, -0.05) is 13.8 Å². The first-order valence-electron chi connectivity index (χ1n) is 3.72. The van der Waals surface area contributed by atoms with Crippen molar-refractivity contribution in [2.75, 3.05) is 13.2 Å². The van der Waals surface area contributed by atoms with Crippen molar-refractivity contribution in [3.8, 4) is 0 Å². The molecule has 0 aromatic rings. The van der Waals surface area contributed by atoms with E-state index in [1.807, 2.05) is 0 Å². The van der Waals surface area contributed by atoms with E-state index in [2.05, 4.69) is 19.2 Å². The van der Waals surface area contributed by atoms with Crippen LogP contribution in [0.2, 0.25) is 0 Å². The number of hydrogen-bond acceptors (Lipinski definition) is 2. The molecular formula is C7H15NO. The maximum absolute atomic E-state index is 5.53. The van der Waals surface area contributed by atoms with Crippen molar-refractivity contribution in [3.63, 3.8) is 0 Å². The first-order chi connectivity index (χ1) is 4.33. The average Bonchev–Trinajstić information content (AvgIpc) is 2.36. The van der Waals surface area contributed by atoms with E-state index in [9.17, 15) is 0 Å². The molecule has 2 heteroatoms. The van der Waals surface area contributed by atoms with Crippen molar-refractivity contribution in [1.29, 1.82) is 0 Å². The number of nitrogens with one attached hydrogen (secondary N) is 1. The Morgan fingerprint density at radius 2 is 2.11 bits per heavy atom. The first-order valence-corrected chi connectivity index (χ1v) is 3.72. The van der Waals surface area contributed by atoms with E-state index in [1.54, 1.807) is 0 Å². The Bertz CT molecular complexity index is 80.9. The molecule has 2 nitrogen and oxygen atoms in total. The lowest BCUT2D eigenvalue weighted by molar-refractivity contribution is -0.0161. The molecule has 1 heterocycles. The van der Waals surface area contributed by atoms with Crippen LogP contribution in [0.5, 0.6) is 0 Å². The first kappa shape index (κ1) is 7.03. The predicted octanol–water partition coefficient (Wildman–Crippen LogP) is 1.12. The largest absolute Gasteiger partial charge is 0.359 e. The van der Waals surface area contributed by atoms with Gasteiger partial charge in [-0.05, 0) is 12.8 Å². The van der Waals surface area contributed by atoms with Crippen molar-refractivity contribution in [3.05, 3.63) is 0 Å². The van der Waals surface area contributed by atoms with Crippen molar-refractivity contribution < 1.29 is 4.74 Å². The summed E-state index contributed by atoms with van der Waals surface area (Å²) in [6.45, 7) is 6.20. The minimum Gasteiger partial charge on any atom is -0.359 e. The van der Waals surface area contributed by atoms with Crippen LogP contribution in [0.25, 0.3) is 0 Å². The second kappa shape index (κ2) is 2.67. The van der Waals surface area contributed by atoms with E-state index in [0.717, 1.165) is 26.0 Å². The van der Waals surface area contributed by atoms with Crippen LogP contribution in [0.4, 0.5) is 0 Å². The molecule has 0 atom stereocenters. The van der Waals surface area contributed by atoms with Crippen LogP contribution in [0.1, 0.15) is 26.7 Å². The summed E-state index contributed by atoms with van der Waals surface area (Å²) in [6.07, 6.45) is 2.15. The van der Waals surface area contributed by atoms with Gasteiger partial charge in [0.2, 0.25) is 0 Å². The van der Waals surface area contributed by atoms with E-state index in [0.29, 0.717) is 0 Å². The summed E-state index contributed by atoms with van der Waals surface area (Å²) < 4.78 is 5.53. The van der Waals surface area contributed by atoms with E-state index < -0.39 is 0 Å². The van der Waals surface area contributed by atoms with Gasteiger partial charge in [-0.2, -0.15) is 0 Å². The van der Waals surface area contributed by atoms with Crippen molar-refractivity contribution >= 4 is 0 Å². The van der Waals surface area contributed by atoms with Gasteiger partial charge in [-0.25, -0.2) is 0 Å². The summed E-state index contributed by atoms with van der Waals surface area (Å²) >= 11 is 0. The van der Waals surface area contributed by atoms with Crippen LogP contribution in [-0.2, 0) is 4.74 Å². The van der Waals surface area contributed by atoms with Gasteiger partial charge >= 0.3 is 0 Å². The Labute approximate surface area is 56.6 Å². The molecule has 0 aromatic heterocycles. The van der Waals surface area contributed by atoms with Crippen molar-refractivity contribution in [1.82, 2.24) is 5.32 Å². The molecule has 1 N–H and O–H groups in total. The fourth-order valence-corrected chi connectivity index (χ4v) is 1.28. The standard InChI is InChI=1S/C7H15NO/c1-3-7(4-2)8-5-6-9-7/h8H,3-6H2,1-2H3. The third-order valence-electron chi connectivity index (χ3n) is 2.07. The Kier molecular flexibility index (Phi) is 2.09. The topological polar surface area (TPSA) is 21.3 Å². The zero-order valence-electron chi connectivity index (χ0n) is 6.24. The van der Waals surface area contributed by atoms with Crippen LogP contribution in [-0.4, -0.2) is 18.9 Å². The lowest BCUT2D eigenvalue weighted by Crippen LogP contribution is -2.39. The molecule has 0 aromatic carbocycles. The predicted molar refractivity (Wildman–Crippen MR) is 37.3 cm³/mol. The second-order valence-electron chi connectivity index (χ2n) is 2.48. The monoisotopic (exact) mass is 129 g/mol. The lowest BCUT2D eigenvalue weighted by atomic mass is 10.1. The third-order valence-corrected chi connectivity index (χ3v) is 2.07. The van der Waals surface area contributed by atoms with Crippen molar-refractivity contribution in [2.45, 2.75) is 32.4 Å². The highest BCUT2D eigenvalue weighted by Crippen LogP contribution is 2.19. The van der Waals surface area contributed by atoms with Gasteiger partial charge in [-0.15, -0.1) is 0 Å². The van der Waals surface area contributed by atoms with E-state index in [4.69, 9.17) is 4.74 Å². The van der Waals surface area contributed by atoms with Gasteiger partial charge in [0.25, 0.3) is 0 Å². The molecule has 54 valence electrons. The summed E-state index contributed by atoms with van der Waals surface area (Å²) in [5, 5.41) is 3.35. The third kappa shape index (κ3) is 1.25. The van der Waals surface area contributed by atoms with Gasteiger partial charge in [-0.3, -0.25) is 5.32 Å². The van der Waals surface area contributed by atoms with Gasteiger partial charge in [0.15, 0.2) is 0 Å². The molecule has 1 rings (SSSR count). The van der Waals surface area contributed by atoms with Crippen LogP contribution < -0.4 is 5.32 Å². The maximum atomic E-state index is 5.53. The smallest absolute Gasteiger partial charge is 0.118 e. The van der Waals surface area contributed by atoms with E-state index in [1.165, 1.54) is 0 Å². The van der Waals surface area contributed by atoms with Crippen LogP contribution in [0.15, 0.2) is 0 Å². The number of hydrogen-bond donors (Lipinski definition) is 1. The van der Waals surface area contributed by atoms with Gasteiger partial charge < -0.3 is 4.74 Å². The molecule has 0 aliphatic carbocycles. The molecule has 9 heavy (non-hydrogen) atoms. The maximum Gasteiger partial charge on any atom is 0.118 e. The highest BCUT2D eigenvalue weighted by molar-refractivity contribution is 4.79. The second-order valence-corrected chi connectivity index (χ2v) is 2.48. The number of ether oxygens (including phenoxy) is 1. The Morgan fingerprint density at radius 1 is 1.44 bits per heavy atom. The average molecular weight is 129 g/mol. The minimum absolute atomic E-state index is 0.0278. The van der Waals surface area contributed by atoms with E-state index >= 15 is 0 Å². The fraction of sp³-hybridized carbons (Fsp3) is 1.00. The van der Waals surface area contributed by atoms with E-state index in [-0.39, 0.29) is 5.72 Å². The highest BCUT2D eigenvalue weighted by Gasteiger charge is 2.29. The SMILES string of the molecule is CCC1(CC)NCCO1. The molecule has 1 fully saturated rings. The molecule has 0 radical (unpaired) electrons. The van der Waals surface area contributed by atoms with Crippen LogP contribution in [0, 0.1) is 0 Å². The summed E-state index contributed by atoms with van der Waals surface area (Å²) in [5.74, 6) is 0. The summed E-state index contributed by atoms with van der Waals surface area (Å²) in [7, 11) is 0. The van der Waals surface area contributed by atoms with Gasteiger partial charge in [0.1, 0.15) is 5.72 Å². The highest BCUT2D eigenvalue weighted by atomic mass is 16.5. The lowest BCUT2D eigenvalue weighted by Gasteiger charge is -2.24. The molecule has 0 amide bonds. The Balaban J connectivity index is 2.45. The zero-order valence-corrected chi connectivity index (χ0v) is 6.24. The molecule has 1 aliphatic rings. The molecule has 0 unspecified atom stereocenters. The minimum atomic E-state index is 0.0278. The molecule has 0 saturated carbocycles. The summed E-state index contributed by atoms with van der Waals surface area (Å²) in [6, 6.07) is 0. The zero-order chi connectivity index (χ0) is 6.74.